The van der Waals surface area contributed by atoms with Gasteiger partial charge in [0.25, 0.3) is 5.91 Å². The number of halogens is 2. The quantitative estimate of drug-likeness (QED) is 0.883. The summed E-state index contributed by atoms with van der Waals surface area (Å²) in [4.78, 5) is 11.8. The molecule has 1 rings (SSSR count). The lowest BCUT2D eigenvalue weighted by molar-refractivity contribution is 0.0939. The summed E-state index contributed by atoms with van der Waals surface area (Å²) in [6.07, 6.45) is 0. The number of carbonyl (C=O) groups is 1. The molecule has 7 heteroatoms. The summed E-state index contributed by atoms with van der Waals surface area (Å²) in [5.41, 5.74) is -0.116. The molecule has 0 unspecified atom stereocenters. The van der Waals surface area contributed by atoms with E-state index in [0.29, 0.717) is 4.47 Å². The van der Waals surface area contributed by atoms with Gasteiger partial charge in [-0.15, -0.1) is 0 Å². The van der Waals surface area contributed by atoms with Gasteiger partial charge in [0.1, 0.15) is 5.82 Å². The molecule has 1 aromatic carbocycles. The Morgan fingerprint density at radius 1 is 1.47 bits per heavy atom. The Hall–Kier alpha value is -0.950. The molecule has 0 radical (unpaired) electrons. The Bertz CT molecular complexity index is 574. The third-order valence-electron chi connectivity index (χ3n) is 2.49. The van der Waals surface area contributed by atoms with Gasteiger partial charge in [0.05, 0.1) is 11.3 Å². The molecule has 0 aromatic heterocycles. The van der Waals surface area contributed by atoms with Gasteiger partial charge in [0.2, 0.25) is 0 Å². The number of benzene rings is 1. The molecule has 0 aliphatic rings. The summed E-state index contributed by atoms with van der Waals surface area (Å²) < 4.78 is 36.9. The molecule has 4 nitrogen and oxygen atoms in total. The molecule has 0 spiro atoms. The van der Waals surface area contributed by atoms with E-state index in [1.807, 2.05) is 0 Å². The number of nitrogens with one attached hydrogen (secondary N) is 1. The SMILES string of the molecule is CCS(=O)(=O)C[C@H](C)NC(=O)c1cc(Br)ccc1F. The summed E-state index contributed by atoms with van der Waals surface area (Å²) >= 11 is 3.15. The van der Waals surface area contributed by atoms with Crippen molar-refractivity contribution in [2.45, 2.75) is 19.9 Å². The molecule has 0 aliphatic carbocycles. The summed E-state index contributed by atoms with van der Waals surface area (Å²) in [6.45, 7) is 3.11. The number of amides is 1. The maximum Gasteiger partial charge on any atom is 0.254 e. The van der Waals surface area contributed by atoms with Crippen molar-refractivity contribution in [3.63, 3.8) is 0 Å². The summed E-state index contributed by atoms with van der Waals surface area (Å²) in [7, 11) is -3.18. The summed E-state index contributed by atoms with van der Waals surface area (Å²) in [5.74, 6) is -1.42. The normalized spacial score (nSPS) is 13.1. The second-order valence-electron chi connectivity index (χ2n) is 4.20. The molecule has 1 N–H and O–H groups in total. The van der Waals surface area contributed by atoms with Crippen LogP contribution in [-0.4, -0.2) is 31.9 Å². The molecule has 0 fully saturated rings. The lowest BCUT2D eigenvalue weighted by Gasteiger charge is -2.14. The van der Waals surface area contributed by atoms with Gasteiger partial charge >= 0.3 is 0 Å². The average Bonchev–Trinajstić information content (AvgIpc) is 2.31. The fourth-order valence-corrected chi connectivity index (χ4v) is 2.96. The van der Waals surface area contributed by atoms with Gasteiger partial charge in [-0.1, -0.05) is 22.9 Å². The van der Waals surface area contributed by atoms with Crippen molar-refractivity contribution >= 4 is 31.7 Å². The van der Waals surface area contributed by atoms with Crippen molar-refractivity contribution in [3.8, 4) is 0 Å². The minimum atomic E-state index is -3.18. The van der Waals surface area contributed by atoms with Crippen LogP contribution in [0, 0.1) is 5.82 Å². The van der Waals surface area contributed by atoms with Crippen molar-refractivity contribution in [1.82, 2.24) is 5.32 Å². The van der Waals surface area contributed by atoms with E-state index in [1.54, 1.807) is 6.92 Å². The molecule has 1 amide bonds. The number of sulfone groups is 1. The Kier molecular flexibility index (Phi) is 5.49. The predicted molar refractivity (Wildman–Crippen MR) is 75.4 cm³/mol. The highest BCUT2D eigenvalue weighted by molar-refractivity contribution is 9.10. The van der Waals surface area contributed by atoms with E-state index in [0.717, 1.165) is 0 Å². The molecule has 19 heavy (non-hydrogen) atoms. The van der Waals surface area contributed by atoms with Gasteiger partial charge in [-0.05, 0) is 25.1 Å². The predicted octanol–water partition coefficient (Wildman–Crippen LogP) is 2.14. The van der Waals surface area contributed by atoms with Crippen molar-refractivity contribution in [2.24, 2.45) is 0 Å². The first kappa shape index (κ1) is 16.1. The third-order valence-corrected chi connectivity index (χ3v) is 4.88. The van der Waals surface area contributed by atoms with Gasteiger partial charge in [-0.3, -0.25) is 4.79 Å². The number of hydrogen-bond acceptors (Lipinski definition) is 3. The summed E-state index contributed by atoms with van der Waals surface area (Å²) in [5, 5.41) is 2.48. The summed E-state index contributed by atoms with van der Waals surface area (Å²) in [6, 6.07) is 3.44. The van der Waals surface area contributed by atoms with E-state index in [9.17, 15) is 17.6 Å². The van der Waals surface area contributed by atoms with Crippen LogP contribution < -0.4 is 5.32 Å². The van der Waals surface area contributed by atoms with E-state index in [1.165, 1.54) is 25.1 Å². The second kappa shape index (κ2) is 6.47. The van der Waals surface area contributed by atoms with Gasteiger partial charge in [-0.25, -0.2) is 12.8 Å². The first-order valence-corrected chi connectivity index (χ1v) is 8.33. The molecule has 0 saturated heterocycles. The highest BCUT2D eigenvalue weighted by Crippen LogP contribution is 2.15. The molecular weight excluding hydrogens is 337 g/mol. The topological polar surface area (TPSA) is 63.2 Å². The zero-order chi connectivity index (χ0) is 14.6. The van der Waals surface area contributed by atoms with Crippen LogP contribution in [0.2, 0.25) is 0 Å². The Morgan fingerprint density at radius 2 is 2.11 bits per heavy atom. The minimum absolute atomic E-state index is 0.0124. The maximum atomic E-state index is 13.5. The van der Waals surface area contributed by atoms with Gasteiger partial charge in [0.15, 0.2) is 9.84 Å². The van der Waals surface area contributed by atoms with Crippen LogP contribution in [-0.2, 0) is 9.84 Å². The fourth-order valence-electron chi connectivity index (χ4n) is 1.51. The van der Waals surface area contributed by atoms with Gasteiger partial charge in [-0.2, -0.15) is 0 Å². The Morgan fingerprint density at radius 3 is 2.68 bits per heavy atom. The van der Waals surface area contributed by atoms with Crippen LogP contribution in [0.1, 0.15) is 24.2 Å². The average molecular weight is 352 g/mol. The van der Waals surface area contributed by atoms with Crippen molar-refractivity contribution in [2.75, 3.05) is 11.5 Å². The first-order chi connectivity index (χ1) is 8.75. The van der Waals surface area contributed by atoms with Crippen LogP contribution in [0.3, 0.4) is 0 Å². The maximum absolute atomic E-state index is 13.5. The van der Waals surface area contributed by atoms with Gasteiger partial charge < -0.3 is 5.32 Å². The van der Waals surface area contributed by atoms with E-state index >= 15 is 0 Å². The molecule has 106 valence electrons. The molecule has 0 saturated carbocycles. The number of carbonyl (C=O) groups excluding carboxylic acids is 1. The van der Waals surface area contributed by atoms with E-state index < -0.39 is 27.6 Å². The van der Waals surface area contributed by atoms with E-state index in [2.05, 4.69) is 21.2 Å². The van der Waals surface area contributed by atoms with Crippen LogP contribution in [0.15, 0.2) is 22.7 Å². The third kappa shape index (κ3) is 4.91. The lowest BCUT2D eigenvalue weighted by atomic mass is 10.2. The van der Waals surface area contributed by atoms with Crippen LogP contribution >= 0.6 is 15.9 Å². The standard InChI is InChI=1S/C12H15BrFNO3S/c1-3-19(17,18)7-8(2)15-12(16)10-6-9(13)4-5-11(10)14/h4-6,8H,3,7H2,1-2H3,(H,15,16)/t8-/m0/s1. The van der Waals surface area contributed by atoms with Crippen LogP contribution in [0.25, 0.3) is 0 Å². The van der Waals surface area contributed by atoms with Crippen LogP contribution in [0.4, 0.5) is 4.39 Å². The monoisotopic (exact) mass is 351 g/mol. The number of rotatable bonds is 5. The molecule has 0 bridgehead atoms. The lowest BCUT2D eigenvalue weighted by Crippen LogP contribution is -2.38. The zero-order valence-corrected chi connectivity index (χ0v) is 13.0. The van der Waals surface area contributed by atoms with Crippen molar-refractivity contribution in [1.29, 1.82) is 0 Å². The van der Waals surface area contributed by atoms with Gasteiger partial charge in [0, 0.05) is 16.3 Å². The Labute approximate surface area is 120 Å². The molecule has 0 heterocycles. The zero-order valence-electron chi connectivity index (χ0n) is 10.6. The van der Waals surface area contributed by atoms with Crippen molar-refractivity contribution in [3.05, 3.63) is 34.1 Å². The molecular formula is C12H15BrFNO3S. The first-order valence-electron chi connectivity index (χ1n) is 5.71. The smallest absolute Gasteiger partial charge is 0.254 e. The van der Waals surface area contributed by atoms with E-state index in [4.69, 9.17) is 0 Å². The Balaban J connectivity index is 2.77. The highest BCUT2D eigenvalue weighted by atomic mass is 79.9. The highest BCUT2D eigenvalue weighted by Gasteiger charge is 2.18. The van der Waals surface area contributed by atoms with Crippen LogP contribution in [0.5, 0.6) is 0 Å². The second-order valence-corrected chi connectivity index (χ2v) is 7.51. The molecule has 1 aromatic rings. The molecule has 0 aliphatic heterocycles. The molecule has 1 atom stereocenters. The van der Waals surface area contributed by atoms with E-state index in [-0.39, 0.29) is 17.1 Å². The number of hydrogen-bond donors (Lipinski definition) is 1. The largest absolute Gasteiger partial charge is 0.348 e. The minimum Gasteiger partial charge on any atom is -0.348 e. The fraction of sp³-hybridized carbons (Fsp3) is 0.417. The van der Waals surface area contributed by atoms with Crippen molar-refractivity contribution < 1.29 is 17.6 Å².